The molecule has 3 rings (SSSR count). The number of hydrogen-bond acceptors (Lipinski definition) is 6. The van der Waals surface area contributed by atoms with Gasteiger partial charge in [0.2, 0.25) is 5.91 Å². The molecular formula is C25H38FN3O4. The predicted molar refractivity (Wildman–Crippen MR) is 126 cm³/mol. The molecule has 0 aromatic heterocycles. The van der Waals surface area contributed by atoms with E-state index in [1.54, 1.807) is 26.4 Å². The van der Waals surface area contributed by atoms with Crippen LogP contribution in [0.2, 0.25) is 0 Å². The molecule has 1 heterocycles. The third-order valence-electron chi connectivity index (χ3n) is 6.52. The van der Waals surface area contributed by atoms with Crippen LogP contribution in [0.3, 0.4) is 0 Å². The first kappa shape index (κ1) is 25.6. The van der Waals surface area contributed by atoms with E-state index < -0.39 is 6.29 Å². The van der Waals surface area contributed by atoms with Gasteiger partial charge in [-0.3, -0.25) is 9.80 Å². The summed E-state index contributed by atoms with van der Waals surface area (Å²) in [5.74, 6) is -0.0648. The lowest BCUT2D eigenvalue weighted by atomic mass is 9.94. The van der Waals surface area contributed by atoms with E-state index in [-0.39, 0.29) is 23.7 Å². The van der Waals surface area contributed by atoms with Gasteiger partial charge in [-0.05, 0) is 42.5 Å². The molecule has 1 aromatic carbocycles. The predicted octanol–water partition coefficient (Wildman–Crippen LogP) is 3.57. The number of ether oxygens (including phenoxy) is 3. The van der Waals surface area contributed by atoms with Crippen LogP contribution in [0.4, 0.5) is 4.39 Å². The molecule has 1 unspecified atom stereocenters. The number of nitrogens with zero attached hydrogens (tertiary/aromatic N) is 3. The van der Waals surface area contributed by atoms with Crippen LogP contribution in [0.5, 0.6) is 0 Å². The summed E-state index contributed by atoms with van der Waals surface area (Å²) in [4.78, 5) is 14.9. The molecule has 1 atom stereocenters. The van der Waals surface area contributed by atoms with Gasteiger partial charge < -0.3 is 19.1 Å². The zero-order valence-electron chi connectivity index (χ0n) is 20.2. The molecule has 0 N–H and O–H groups in total. The average molecular weight is 464 g/mol. The Kier molecular flexibility index (Phi) is 10.1. The standard InChI is InChI=1S/C25H38FN3O4/c1-28-17-21(16-27-28)20-13-19(14-22(26)15-20)9-11-33-12-10-24(30)29(18-25(31-2)32-3)23-7-5-4-6-8-23/h13-16,21,23,25H,4-12,17-18H2,1-3H3. The zero-order chi connectivity index (χ0) is 23.6. The van der Waals surface area contributed by atoms with E-state index in [9.17, 15) is 9.18 Å². The Hall–Kier alpha value is -2.03. The van der Waals surface area contributed by atoms with Crippen LogP contribution >= 0.6 is 0 Å². The summed E-state index contributed by atoms with van der Waals surface area (Å²) in [5, 5.41) is 6.10. The number of carbonyl (C=O) groups is 1. The first-order chi connectivity index (χ1) is 16.0. The Bertz CT molecular complexity index is 781. The fourth-order valence-corrected chi connectivity index (χ4v) is 4.65. The summed E-state index contributed by atoms with van der Waals surface area (Å²) >= 11 is 0. The molecule has 1 saturated carbocycles. The third kappa shape index (κ3) is 7.76. The normalized spacial score (nSPS) is 18.9. The first-order valence-electron chi connectivity index (χ1n) is 12.0. The molecule has 7 nitrogen and oxygen atoms in total. The number of hydrogen-bond donors (Lipinski definition) is 0. The van der Waals surface area contributed by atoms with Crippen molar-refractivity contribution >= 4 is 12.1 Å². The van der Waals surface area contributed by atoms with Gasteiger partial charge in [-0.15, -0.1) is 0 Å². The SMILES string of the molecule is COC(CN(C(=O)CCOCCc1cc(F)cc(C2C=NN(C)C2)c1)C1CCCCC1)OC. The van der Waals surface area contributed by atoms with Gasteiger partial charge in [0.05, 0.1) is 26.2 Å². The maximum Gasteiger partial charge on any atom is 0.225 e. The highest BCUT2D eigenvalue weighted by Gasteiger charge is 2.27. The summed E-state index contributed by atoms with van der Waals surface area (Å²) in [6.45, 7) is 1.97. The quantitative estimate of drug-likeness (QED) is 0.350. The molecule has 33 heavy (non-hydrogen) atoms. The van der Waals surface area contributed by atoms with Gasteiger partial charge in [-0.25, -0.2) is 4.39 Å². The minimum Gasteiger partial charge on any atom is -0.381 e. The molecule has 8 heteroatoms. The number of benzene rings is 1. The number of rotatable bonds is 12. The second kappa shape index (κ2) is 13.0. The van der Waals surface area contributed by atoms with Crippen molar-refractivity contribution in [3.63, 3.8) is 0 Å². The summed E-state index contributed by atoms with van der Waals surface area (Å²) in [5.41, 5.74) is 1.83. The van der Waals surface area contributed by atoms with Gasteiger partial charge in [0.15, 0.2) is 6.29 Å². The van der Waals surface area contributed by atoms with Crippen molar-refractivity contribution in [2.45, 2.75) is 63.2 Å². The average Bonchev–Trinajstić information content (AvgIpc) is 3.26. The molecular weight excluding hydrogens is 425 g/mol. The molecule has 0 bridgehead atoms. The summed E-state index contributed by atoms with van der Waals surface area (Å²) < 4.78 is 30.5. The van der Waals surface area contributed by atoms with Gasteiger partial charge in [-0.1, -0.05) is 25.3 Å². The lowest BCUT2D eigenvalue weighted by molar-refractivity contribution is -0.151. The number of hydrazone groups is 1. The van der Waals surface area contributed by atoms with Gasteiger partial charge in [0, 0.05) is 46.0 Å². The minimum absolute atomic E-state index is 0.0682. The minimum atomic E-state index is -0.427. The van der Waals surface area contributed by atoms with E-state index in [1.165, 1.54) is 6.42 Å². The van der Waals surface area contributed by atoms with Gasteiger partial charge in [0.25, 0.3) is 0 Å². The highest BCUT2D eigenvalue weighted by molar-refractivity contribution is 5.76. The van der Waals surface area contributed by atoms with E-state index in [2.05, 4.69) is 5.10 Å². The van der Waals surface area contributed by atoms with Crippen LogP contribution in [0.15, 0.2) is 23.3 Å². The molecule has 1 aromatic rings. The Balaban J connectivity index is 1.46. The second-order valence-corrected chi connectivity index (χ2v) is 8.96. The van der Waals surface area contributed by atoms with Gasteiger partial charge in [-0.2, -0.15) is 5.10 Å². The molecule has 0 radical (unpaired) electrons. The van der Waals surface area contributed by atoms with E-state index in [1.807, 2.05) is 29.2 Å². The maximum absolute atomic E-state index is 14.1. The van der Waals surface area contributed by atoms with Gasteiger partial charge >= 0.3 is 0 Å². The molecule has 0 saturated heterocycles. The topological polar surface area (TPSA) is 63.6 Å². The monoisotopic (exact) mass is 463 g/mol. The molecule has 1 amide bonds. The Morgan fingerprint density at radius 3 is 2.61 bits per heavy atom. The van der Waals surface area contributed by atoms with Crippen LogP contribution in [0.25, 0.3) is 0 Å². The molecule has 1 aliphatic heterocycles. The molecule has 0 spiro atoms. The van der Waals surface area contributed by atoms with Crippen molar-refractivity contribution in [2.24, 2.45) is 5.10 Å². The van der Waals surface area contributed by atoms with Crippen molar-refractivity contribution in [3.8, 4) is 0 Å². The van der Waals surface area contributed by atoms with Gasteiger partial charge in [0.1, 0.15) is 5.82 Å². The Morgan fingerprint density at radius 2 is 1.94 bits per heavy atom. The maximum atomic E-state index is 14.1. The lowest BCUT2D eigenvalue weighted by Gasteiger charge is -2.36. The van der Waals surface area contributed by atoms with Crippen molar-refractivity contribution < 1.29 is 23.4 Å². The number of likely N-dealkylation sites (N-methyl/N-ethyl adjacent to an activating group) is 1. The first-order valence-corrected chi connectivity index (χ1v) is 12.0. The van der Waals surface area contributed by atoms with E-state index in [4.69, 9.17) is 14.2 Å². The molecule has 184 valence electrons. The third-order valence-corrected chi connectivity index (χ3v) is 6.52. The molecule has 1 fully saturated rings. The number of carbonyl (C=O) groups excluding carboxylic acids is 1. The van der Waals surface area contributed by atoms with E-state index >= 15 is 0 Å². The highest BCUT2D eigenvalue weighted by atomic mass is 19.1. The number of amides is 1. The van der Waals surface area contributed by atoms with Crippen LogP contribution < -0.4 is 0 Å². The smallest absolute Gasteiger partial charge is 0.225 e. The van der Waals surface area contributed by atoms with Crippen LogP contribution in [0.1, 0.15) is 55.6 Å². The van der Waals surface area contributed by atoms with Crippen LogP contribution in [-0.2, 0) is 25.4 Å². The Morgan fingerprint density at radius 1 is 1.18 bits per heavy atom. The zero-order valence-corrected chi connectivity index (χ0v) is 20.2. The fourth-order valence-electron chi connectivity index (χ4n) is 4.65. The lowest BCUT2D eigenvalue weighted by Crippen LogP contribution is -2.46. The van der Waals surface area contributed by atoms with Crippen molar-refractivity contribution in [1.82, 2.24) is 9.91 Å². The largest absolute Gasteiger partial charge is 0.381 e. The number of halogens is 1. The molecule has 1 aliphatic carbocycles. The summed E-state index contributed by atoms with van der Waals surface area (Å²) in [6.07, 6.45) is 7.91. The summed E-state index contributed by atoms with van der Waals surface area (Å²) in [6, 6.07) is 5.39. The van der Waals surface area contributed by atoms with Crippen LogP contribution in [0, 0.1) is 5.82 Å². The second-order valence-electron chi connectivity index (χ2n) is 8.96. The fraction of sp³-hybridized carbons (Fsp3) is 0.680. The van der Waals surface area contributed by atoms with E-state index in [0.29, 0.717) is 32.6 Å². The van der Waals surface area contributed by atoms with Crippen molar-refractivity contribution in [3.05, 3.63) is 35.1 Å². The Labute approximate surface area is 196 Å². The van der Waals surface area contributed by atoms with Crippen molar-refractivity contribution in [1.29, 1.82) is 0 Å². The van der Waals surface area contributed by atoms with Crippen LogP contribution in [-0.4, -0.2) is 81.9 Å². The molecule has 2 aliphatic rings. The highest BCUT2D eigenvalue weighted by Crippen LogP contribution is 2.24. The summed E-state index contributed by atoms with van der Waals surface area (Å²) in [7, 11) is 5.10. The van der Waals surface area contributed by atoms with Crippen molar-refractivity contribution in [2.75, 3.05) is 47.6 Å². The number of methoxy groups -OCH3 is 2. The van der Waals surface area contributed by atoms with E-state index in [0.717, 1.165) is 43.4 Å².